The van der Waals surface area contributed by atoms with Crippen molar-refractivity contribution in [1.82, 2.24) is 10.9 Å². The fraction of sp³-hybridized carbons (Fsp3) is 0.167. The maximum Gasteiger partial charge on any atom is 0.416 e. The zero-order chi connectivity index (χ0) is 20.9. The van der Waals surface area contributed by atoms with E-state index in [2.05, 4.69) is 10.9 Å². The van der Waals surface area contributed by atoms with Gasteiger partial charge in [0.2, 0.25) is 0 Å². The van der Waals surface area contributed by atoms with E-state index in [9.17, 15) is 27.6 Å². The minimum atomic E-state index is -4.61. The van der Waals surface area contributed by atoms with Crippen LogP contribution in [0.2, 0.25) is 0 Å². The summed E-state index contributed by atoms with van der Waals surface area (Å²) in [5, 5.41) is 0. The van der Waals surface area contributed by atoms with E-state index in [0.717, 1.165) is 6.07 Å². The highest BCUT2D eigenvalue weighted by atomic mass is 19.4. The number of nitrogens with one attached hydrogen (secondary N) is 2. The van der Waals surface area contributed by atoms with Gasteiger partial charge >= 0.3 is 12.1 Å². The lowest BCUT2D eigenvalue weighted by Crippen LogP contribution is -2.46. The number of alkyl halides is 3. The molecule has 10 heteroatoms. The van der Waals surface area contributed by atoms with Gasteiger partial charge in [-0.25, -0.2) is 4.79 Å². The molecule has 1 atom stereocenters. The molecule has 148 valence electrons. The first-order chi connectivity index (χ1) is 13.1. The maximum atomic E-state index is 12.6. The smallest absolute Gasteiger partial charge is 0.416 e. The average molecular weight is 395 g/mol. The summed E-state index contributed by atoms with van der Waals surface area (Å²) < 4.78 is 42.8. The fourth-order valence-electron chi connectivity index (χ4n) is 2.08. The molecule has 28 heavy (non-hydrogen) atoms. The molecule has 0 saturated heterocycles. The molecule has 0 fully saturated rings. The van der Waals surface area contributed by atoms with Crippen LogP contribution in [0.4, 0.5) is 18.9 Å². The monoisotopic (exact) mass is 395 g/mol. The second-order valence-corrected chi connectivity index (χ2v) is 5.66. The number of halogens is 3. The van der Waals surface area contributed by atoms with Crippen LogP contribution in [0.25, 0.3) is 0 Å². The summed E-state index contributed by atoms with van der Waals surface area (Å²) in [6.45, 7) is 1.22. The lowest BCUT2D eigenvalue weighted by Gasteiger charge is -2.15. The number of ether oxygens (including phenoxy) is 1. The molecule has 7 nitrogen and oxygen atoms in total. The van der Waals surface area contributed by atoms with Gasteiger partial charge in [0.15, 0.2) is 6.10 Å². The van der Waals surface area contributed by atoms with Gasteiger partial charge in [0, 0.05) is 11.3 Å². The summed E-state index contributed by atoms with van der Waals surface area (Å²) in [7, 11) is 0. The lowest BCUT2D eigenvalue weighted by atomic mass is 10.1. The zero-order valence-electron chi connectivity index (χ0n) is 14.5. The molecule has 2 amide bonds. The van der Waals surface area contributed by atoms with Crippen molar-refractivity contribution >= 4 is 23.5 Å². The minimum absolute atomic E-state index is 0.296. The maximum absolute atomic E-state index is 12.6. The van der Waals surface area contributed by atoms with Gasteiger partial charge in [0.05, 0.1) is 11.1 Å². The molecule has 4 N–H and O–H groups in total. The van der Waals surface area contributed by atoms with Crippen molar-refractivity contribution in [3.05, 3.63) is 65.2 Å². The van der Waals surface area contributed by atoms with E-state index in [-0.39, 0.29) is 5.56 Å². The van der Waals surface area contributed by atoms with E-state index in [1.165, 1.54) is 19.1 Å². The topological polar surface area (TPSA) is 111 Å². The third-order valence-corrected chi connectivity index (χ3v) is 3.59. The van der Waals surface area contributed by atoms with Crippen molar-refractivity contribution in [3.63, 3.8) is 0 Å². The van der Waals surface area contributed by atoms with Crippen LogP contribution in [0.1, 0.15) is 33.2 Å². The Hall–Kier alpha value is -3.56. The molecule has 0 saturated carbocycles. The third kappa shape index (κ3) is 5.22. The molecule has 2 rings (SSSR count). The highest BCUT2D eigenvalue weighted by Crippen LogP contribution is 2.31. The van der Waals surface area contributed by atoms with Gasteiger partial charge < -0.3 is 10.5 Å². The Morgan fingerprint density at radius 1 is 1.04 bits per heavy atom. The van der Waals surface area contributed by atoms with Crippen LogP contribution in [0.3, 0.4) is 0 Å². The van der Waals surface area contributed by atoms with E-state index < -0.39 is 41.3 Å². The SMILES string of the molecule is C[C@@H](OC(=O)c1ccc(C(F)(F)F)cc1N)C(=O)NNC(=O)c1ccccc1. The molecule has 0 aromatic heterocycles. The summed E-state index contributed by atoms with van der Waals surface area (Å²) in [5.74, 6) is -2.51. The van der Waals surface area contributed by atoms with Gasteiger partial charge in [-0.2, -0.15) is 13.2 Å². The summed E-state index contributed by atoms with van der Waals surface area (Å²) in [6, 6.07) is 10.2. The molecule has 0 bridgehead atoms. The number of amides is 2. The van der Waals surface area contributed by atoms with Crippen molar-refractivity contribution in [1.29, 1.82) is 0 Å². The number of esters is 1. The number of nitrogens with two attached hydrogens (primary N) is 1. The molecule has 0 unspecified atom stereocenters. The molecule has 0 spiro atoms. The minimum Gasteiger partial charge on any atom is -0.449 e. The number of anilines is 1. The Balaban J connectivity index is 1.94. The Bertz CT molecular complexity index is 885. The zero-order valence-corrected chi connectivity index (χ0v) is 14.5. The molecule has 2 aromatic carbocycles. The predicted molar refractivity (Wildman–Crippen MR) is 92.8 cm³/mol. The van der Waals surface area contributed by atoms with Crippen molar-refractivity contribution < 1.29 is 32.3 Å². The summed E-state index contributed by atoms with van der Waals surface area (Å²) in [6.07, 6.45) is -5.95. The van der Waals surface area contributed by atoms with Crippen LogP contribution >= 0.6 is 0 Å². The number of nitrogen functional groups attached to an aromatic ring is 1. The quantitative estimate of drug-likeness (QED) is 0.418. The number of carbonyl (C=O) groups excluding carboxylic acids is 3. The Morgan fingerprint density at radius 3 is 2.25 bits per heavy atom. The van der Waals surface area contributed by atoms with Crippen LogP contribution in [-0.4, -0.2) is 23.9 Å². The first-order valence-corrected chi connectivity index (χ1v) is 7.92. The number of rotatable bonds is 4. The highest BCUT2D eigenvalue weighted by Gasteiger charge is 2.31. The Morgan fingerprint density at radius 2 is 1.68 bits per heavy atom. The molecule has 0 heterocycles. The molecular formula is C18H16F3N3O4. The van der Waals surface area contributed by atoms with Gasteiger partial charge in [-0.15, -0.1) is 0 Å². The number of carbonyl (C=O) groups is 3. The van der Waals surface area contributed by atoms with Crippen molar-refractivity contribution in [2.75, 3.05) is 5.73 Å². The van der Waals surface area contributed by atoms with E-state index in [1.54, 1.807) is 18.2 Å². The van der Waals surface area contributed by atoms with E-state index in [4.69, 9.17) is 10.5 Å². The molecule has 0 aliphatic heterocycles. The highest BCUT2D eigenvalue weighted by molar-refractivity contribution is 5.98. The van der Waals surface area contributed by atoms with Crippen LogP contribution in [0.15, 0.2) is 48.5 Å². The first kappa shape index (κ1) is 20.7. The molecule has 0 aliphatic rings. The van der Waals surface area contributed by atoms with Gasteiger partial charge in [-0.3, -0.25) is 20.4 Å². The summed E-state index contributed by atoms with van der Waals surface area (Å²) in [4.78, 5) is 35.8. The lowest BCUT2D eigenvalue weighted by molar-refractivity contribution is -0.137. The van der Waals surface area contributed by atoms with Gasteiger partial charge in [-0.05, 0) is 37.3 Å². The van der Waals surface area contributed by atoms with Crippen molar-refractivity contribution in [2.45, 2.75) is 19.2 Å². The van der Waals surface area contributed by atoms with E-state index in [0.29, 0.717) is 17.7 Å². The standard InChI is InChI=1S/C18H16F3N3O4/c1-10(15(25)23-24-16(26)11-5-3-2-4-6-11)28-17(27)13-8-7-12(9-14(13)22)18(19,20)21/h2-10H,22H2,1H3,(H,23,25)(H,24,26)/t10-/m1/s1. The van der Waals surface area contributed by atoms with Crippen LogP contribution < -0.4 is 16.6 Å². The fourth-order valence-corrected chi connectivity index (χ4v) is 2.08. The van der Waals surface area contributed by atoms with Crippen LogP contribution in [0.5, 0.6) is 0 Å². The molecular weight excluding hydrogens is 379 g/mol. The Kier molecular flexibility index (Phi) is 6.24. The van der Waals surface area contributed by atoms with E-state index in [1.807, 2.05) is 0 Å². The second kappa shape index (κ2) is 8.42. The average Bonchev–Trinajstić information content (AvgIpc) is 2.65. The number of hydrazine groups is 1. The number of benzene rings is 2. The van der Waals surface area contributed by atoms with Crippen molar-refractivity contribution in [3.8, 4) is 0 Å². The first-order valence-electron chi connectivity index (χ1n) is 7.92. The number of hydrogen-bond donors (Lipinski definition) is 3. The predicted octanol–water partition coefficient (Wildman–Crippen LogP) is 2.29. The molecule has 2 aromatic rings. The normalized spacial score (nSPS) is 12.0. The van der Waals surface area contributed by atoms with E-state index >= 15 is 0 Å². The largest absolute Gasteiger partial charge is 0.449 e. The van der Waals surface area contributed by atoms with Gasteiger partial charge in [0.1, 0.15) is 0 Å². The Labute approximate surface area is 157 Å². The second-order valence-electron chi connectivity index (χ2n) is 5.66. The summed E-state index contributed by atoms with van der Waals surface area (Å²) >= 11 is 0. The number of hydrogen-bond acceptors (Lipinski definition) is 5. The van der Waals surface area contributed by atoms with Crippen molar-refractivity contribution in [2.24, 2.45) is 0 Å². The van der Waals surface area contributed by atoms with Gasteiger partial charge in [0.25, 0.3) is 11.8 Å². The third-order valence-electron chi connectivity index (χ3n) is 3.59. The molecule has 0 radical (unpaired) electrons. The summed E-state index contributed by atoms with van der Waals surface area (Å²) in [5.41, 5.74) is 8.23. The van der Waals surface area contributed by atoms with Crippen LogP contribution in [-0.2, 0) is 15.7 Å². The molecule has 0 aliphatic carbocycles. The van der Waals surface area contributed by atoms with Gasteiger partial charge in [-0.1, -0.05) is 18.2 Å². The van der Waals surface area contributed by atoms with Crippen LogP contribution in [0, 0.1) is 0 Å².